The molecule has 0 aliphatic heterocycles. The summed E-state index contributed by atoms with van der Waals surface area (Å²) >= 11 is 0. The third-order valence-electron chi connectivity index (χ3n) is 2.78. The van der Waals surface area contributed by atoms with Crippen molar-refractivity contribution in [3.63, 3.8) is 0 Å². The van der Waals surface area contributed by atoms with Gasteiger partial charge in [0.15, 0.2) is 0 Å². The fraction of sp³-hybridized carbons (Fsp3) is 0.0667. The molecule has 82 valence electrons. The molecule has 3 rings (SSSR count). The Morgan fingerprint density at radius 1 is 0.882 bits per heavy atom. The number of para-hydroxylation sites is 1. The van der Waals surface area contributed by atoms with Gasteiger partial charge in [0, 0.05) is 11.8 Å². The van der Waals surface area contributed by atoms with E-state index < -0.39 is 0 Å². The number of aryl methyl sites for hydroxylation is 1. The van der Waals surface area contributed by atoms with Crippen molar-refractivity contribution < 1.29 is 0 Å². The van der Waals surface area contributed by atoms with Crippen molar-refractivity contribution in [2.24, 2.45) is 0 Å². The van der Waals surface area contributed by atoms with Gasteiger partial charge in [0.05, 0.1) is 16.7 Å². The SMILES string of the molecule is Cc1cnc2c(-c3ccccc3)cccc2n1. The third kappa shape index (κ3) is 1.78. The van der Waals surface area contributed by atoms with Gasteiger partial charge in [0.2, 0.25) is 0 Å². The van der Waals surface area contributed by atoms with Crippen molar-refractivity contribution in [3.05, 3.63) is 60.4 Å². The van der Waals surface area contributed by atoms with Crippen LogP contribution in [0.3, 0.4) is 0 Å². The largest absolute Gasteiger partial charge is 0.252 e. The van der Waals surface area contributed by atoms with Crippen molar-refractivity contribution in [2.75, 3.05) is 0 Å². The number of nitrogens with zero attached hydrogens (tertiary/aromatic N) is 2. The molecule has 0 saturated carbocycles. The van der Waals surface area contributed by atoms with Crippen LogP contribution >= 0.6 is 0 Å². The van der Waals surface area contributed by atoms with Crippen molar-refractivity contribution in [1.29, 1.82) is 0 Å². The van der Waals surface area contributed by atoms with Crippen LogP contribution in [0.5, 0.6) is 0 Å². The molecule has 0 spiro atoms. The maximum absolute atomic E-state index is 4.50. The lowest BCUT2D eigenvalue weighted by molar-refractivity contribution is 1.19. The van der Waals surface area contributed by atoms with Crippen molar-refractivity contribution in [3.8, 4) is 11.1 Å². The average molecular weight is 220 g/mol. The Balaban J connectivity index is 2.31. The molecule has 0 N–H and O–H groups in total. The maximum atomic E-state index is 4.50. The average Bonchev–Trinajstić information content (AvgIpc) is 2.39. The molecule has 0 aliphatic carbocycles. The lowest BCUT2D eigenvalue weighted by atomic mass is 10.0. The predicted octanol–water partition coefficient (Wildman–Crippen LogP) is 3.61. The summed E-state index contributed by atoms with van der Waals surface area (Å²) in [6.45, 7) is 1.96. The first-order chi connectivity index (χ1) is 8.34. The third-order valence-corrected chi connectivity index (χ3v) is 2.78. The molecule has 0 atom stereocenters. The van der Waals surface area contributed by atoms with Crippen molar-refractivity contribution >= 4 is 11.0 Å². The number of hydrogen-bond acceptors (Lipinski definition) is 2. The van der Waals surface area contributed by atoms with E-state index in [4.69, 9.17) is 0 Å². The Kier molecular flexibility index (Phi) is 2.33. The highest BCUT2D eigenvalue weighted by atomic mass is 14.8. The van der Waals surface area contributed by atoms with Crippen molar-refractivity contribution in [2.45, 2.75) is 6.92 Å². The first-order valence-corrected chi connectivity index (χ1v) is 5.62. The Labute approximate surface area is 100.0 Å². The number of aromatic nitrogens is 2. The predicted molar refractivity (Wildman–Crippen MR) is 69.7 cm³/mol. The Hall–Kier alpha value is -2.22. The zero-order valence-corrected chi connectivity index (χ0v) is 9.59. The van der Waals surface area contributed by atoms with E-state index >= 15 is 0 Å². The zero-order valence-electron chi connectivity index (χ0n) is 9.59. The van der Waals surface area contributed by atoms with Gasteiger partial charge in [-0.1, -0.05) is 42.5 Å². The Morgan fingerprint density at radius 3 is 2.53 bits per heavy atom. The van der Waals surface area contributed by atoms with Crippen LogP contribution < -0.4 is 0 Å². The van der Waals surface area contributed by atoms with Crippen LogP contribution in [-0.2, 0) is 0 Å². The fourth-order valence-electron chi connectivity index (χ4n) is 1.98. The van der Waals surface area contributed by atoms with Gasteiger partial charge in [0.25, 0.3) is 0 Å². The van der Waals surface area contributed by atoms with E-state index in [9.17, 15) is 0 Å². The minimum Gasteiger partial charge on any atom is -0.252 e. The summed E-state index contributed by atoms with van der Waals surface area (Å²) in [7, 11) is 0. The van der Waals surface area contributed by atoms with Gasteiger partial charge in [-0.25, -0.2) is 4.98 Å². The van der Waals surface area contributed by atoms with E-state index in [1.807, 2.05) is 43.5 Å². The molecule has 0 unspecified atom stereocenters. The second-order valence-corrected chi connectivity index (χ2v) is 4.05. The minimum absolute atomic E-state index is 0.947. The van der Waals surface area contributed by atoms with Gasteiger partial charge in [-0.3, -0.25) is 4.98 Å². The van der Waals surface area contributed by atoms with Crippen LogP contribution in [0.15, 0.2) is 54.7 Å². The minimum atomic E-state index is 0.947. The maximum Gasteiger partial charge on any atom is 0.0965 e. The molecule has 2 aromatic carbocycles. The second-order valence-electron chi connectivity index (χ2n) is 4.05. The summed E-state index contributed by atoms with van der Waals surface area (Å²) in [5.41, 5.74) is 5.17. The topological polar surface area (TPSA) is 25.8 Å². The highest BCUT2D eigenvalue weighted by molar-refractivity contribution is 5.91. The van der Waals surface area contributed by atoms with E-state index in [1.54, 1.807) is 0 Å². The highest BCUT2D eigenvalue weighted by Crippen LogP contribution is 2.25. The lowest BCUT2D eigenvalue weighted by Gasteiger charge is -2.05. The van der Waals surface area contributed by atoms with Crippen LogP contribution in [0.2, 0.25) is 0 Å². The van der Waals surface area contributed by atoms with Gasteiger partial charge >= 0.3 is 0 Å². The molecular formula is C15H12N2. The van der Waals surface area contributed by atoms with Gasteiger partial charge < -0.3 is 0 Å². The molecule has 0 amide bonds. The van der Waals surface area contributed by atoms with Crippen LogP contribution in [0, 0.1) is 6.92 Å². The van der Waals surface area contributed by atoms with Gasteiger partial charge in [-0.05, 0) is 18.6 Å². The quantitative estimate of drug-likeness (QED) is 0.626. The standard InChI is InChI=1S/C15H12N2/c1-11-10-16-15-13(8-5-9-14(15)17-11)12-6-3-2-4-7-12/h2-10H,1H3. The summed E-state index contributed by atoms with van der Waals surface area (Å²) < 4.78 is 0. The molecule has 3 aromatic rings. The Bertz CT molecular complexity index is 660. The van der Waals surface area contributed by atoms with Gasteiger partial charge in [0.1, 0.15) is 0 Å². The van der Waals surface area contributed by atoms with Gasteiger partial charge in [-0.2, -0.15) is 0 Å². The number of rotatable bonds is 1. The summed E-state index contributed by atoms with van der Waals surface area (Å²) in [4.78, 5) is 8.99. The molecule has 0 aliphatic rings. The van der Waals surface area contributed by atoms with E-state index in [0.29, 0.717) is 0 Å². The lowest BCUT2D eigenvalue weighted by Crippen LogP contribution is -1.89. The summed E-state index contributed by atoms with van der Waals surface area (Å²) in [6.07, 6.45) is 1.81. The van der Waals surface area contributed by atoms with E-state index in [0.717, 1.165) is 22.3 Å². The number of hydrogen-bond donors (Lipinski definition) is 0. The van der Waals surface area contributed by atoms with Gasteiger partial charge in [-0.15, -0.1) is 0 Å². The summed E-state index contributed by atoms with van der Waals surface area (Å²) in [6, 6.07) is 16.4. The molecule has 17 heavy (non-hydrogen) atoms. The molecule has 2 nitrogen and oxygen atoms in total. The van der Waals surface area contributed by atoms with E-state index in [1.165, 1.54) is 5.56 Å². The van der Waals surface area contributed by atoms with Crippen LogP contribution in [-0.4, -0.2) is 9.97 Å². The molecule has 1 heterocycles. The number of benzene rings is 2. The molecule has 0 radical (unpaired) electrons. The van der Waals surface area contributed by atoms with Crippen molar-refractivity contribution in [1.82, 2.24) is 9.97 Å². The summed E-state index contributed by atoms with van der Waals surface area (Å²) in [5.74, 6) is 0. The second kappa shape index (κ2) is 3.98. The molecule has 2 heteroatoms. The van der Waals surface area contributed by atoms with Crippen LogP contribution in [0.4, 0.5) is 0 Å². The monoisotopic (exact) mass is 220 g/mol. The first kappa shape index (κ1) is 9.97. The summed E-state index contributed by atoms with van der Waals surface area (Å²) in [5, 5.41) is 0. The smallest absolute Gasteiger partial charge is 0.0965 e. The molecular weight excluding hydrogens is 208 g/mol. The Morgan fingerprint density at radius 2 is 1.71 bits per heavy atom. The van der Waals surface area contributed by atoms with Crippen LogP contribution in [0.25, 0.3) is 22.2 Å². The zero-order chi connectivity index (χ0) is 11.7. The normalized spacial score (nSPS) is 10.6. The molecule has 0 bridgehead atoms. The first-order valence-electron chi connectivity index (χ1n) is 5.62. The molecule has 0 saturated heterocycles. The highest BCUT2D eigenvalue weighted by Gasteiger charge is 2.05. The van der Waals surface area contributed by atoms with E-state index in [-0.39, 0.29) is 0 Å². The van der Waals surface area contributed by atoms with E-state index in [2.05, 4.69) is 28.2 Å². The fourth-order valence-corrected chi connectivity index (χ4v) is 1.98. The molecule has 0 fully saturated rings. The van der Waals surface area contributed by atoms with Crippen LogP contribution in [0.1, 0.15) is 5.69 Å². The molecule has 1 aromatic heterocycles. The number of fused-ring (bicyclic) bond motifs is 1.